The zero-order valence-electron chi connectivity index (χ0n) is 11.9. The van der Waals surface area contributed by atoms with Crippen LogP contribution in [0, 0.1) is 6.92 Å². The average molecular weight is 288 g/mol. The van der Waals surface area contributed by atoms with E-state index in [4.69, 9.17) is 10.5 Å². The summed E-state index contributed by atoms with van der Waals surface area (Å²) in [6.45, 7) is 2.22. The number of hydrogen-bond acceptors (Lipinski definition) is 3. The van der Waals surface area contributed by atoms with Gasteiger partial charge >= 0.3 is 5.95 Å². The first-order valence-electron chi connectivity index (χ1n) is 6.40. The van der Waals surface area contributed by atoms with Crippen LogP contribution in [0.15, 0.2) is 35.1 Å². The molecule has 2 rings (SSSR count). The third-order valence-electron chi connectivity index (χ3n) is 2.75. The molecule has 1 heterocycles. The molecule has 21 heavy (non-hydrogen) atoms. The molecule has 2 aromatic rings. The Morgan fingerprint density at radius 2 is 2.24 bits per heavy atom. The lowest BCUT2D eigenvalue weighted by molar-refractivity contribution is -0.365. The molecule has 0 radical (unpaired) electrons. The smallest absolute Gasteiger partial charge is 0.325 e. The summed E-state index contributed by atoms with van der Waals surface area (Å²) in [5.41, 5.74) is 8.05. The van der Waals surface area contributed by atoms with Crippen molar-refractivity contribution in [3.63, 3.8) is 0 Å². The third-order valence-corrected chi connectivity index (χ3v) is 2.75. The van der Waals surface area contributed by atoms with Crippen LogP contribution in [-0.4, -0.2) is 23.0 Å². The summed E-state index contributed by atoms with van der Waals surface area (Å²) in [7, 11) is 1.54. The molecular formula is C14H18N5O2+. The van der Waals surface area contributed by atoms with Crippen molar-refractivity contribution in [3.05, 3.63) is 51.9 Å². The van der Waals surface area contributed by atoms with Crippen LogP contribution < -0.4 is 21.6 Å². The fraction of sp³-hybridized carbons (Fsp3) is 0.214. The van der Waals surface area contributed by atoms with Crippen LogP contribution >= 0.6 is 0 Å². The number of nitrogens with zero attached hydrogens (tertiary/aromatic N) is 1. The van der Waals surface area contributed by atoms with E-state index in [-0.39, 0.29) is 24.1 Å². The Balaban J connectivity index is 2.22. The van der Waals surface area contributed by atoms with E-state index in [0.29, 0.717) is 5.69 Å². The summed E-state index contributed by atoms with van der Waals surface area (Å²) in [5, 5.41) is 3.02. The molecule has 1 aromatic heterocycles. The highest BCUT2D eigenvalue weighted by Crippen LogP contribution is 2.11. The van der Waals surface area contributed by atoms with E-state index in [1.165, 1.54) is 13.2 Å². The lowest BCUT2D eigenvalue weighted by atomic mass is 10.2. The van der Waals surface area contributed by atoms with E-state index in [9.17, 15) is 4.79 Å². The van der Waals surface area contributed by atoms with Crippen LogP contribution in [0.25, 0.3) is 0 Å². The number of H-pyrrole nitrogens is 1. The average Bonchev–Trinajstić information content (AvgIpc) is 2.41. The molecule has 0 aliphatic heterocycles. The molecule has 0 atom stereocenters. The van der Waals surface area contributed by atoms with Crippen LogP contribution in [0.5, 0.6) is 0 Å². The van der Waals surface area contributed by atoms with Crippen molar-refractivity contribution < 1.29 is 9.73 Å². The van der Waals surface area contributed by atoms with Crippen molar-refractivity contribution >= 4 is 17.6 Å². The summed E-state index contributed by atoms with van der Waals surface area (Å²) in [5.74, 6) is 0.523. The number of rotatable bonds is 4. The van der Waals surface area contributed by atoms with Gasteiger partial charge in [0.2, 0.25) is 0 Å². The van der Waals surface area contributed by atoms with Gasteiger partial charge in [-0.05, 0) is 18.6 Å². The van der Waals surface area contributed by atoms with Gasteiger partial charge in [0.05, 0.1) is 12.3 Å². The standard InChI is InChI=1S/C14H17N5O2/c1-9-5-3-4-6-11(9)17-13(15)19-14-16-10(8-21-2)7-12(20)18-14/h3-7H,8H2,1-2H3,(H4,15,16,17,18,19,20)/p+1. The summed E-state index contributed by atoms with van der Waals surface area (Å²) < 4.78 is 4.96. The van der Waals surface area contributed by atoms with Gasteiger partial charge < -0.3 is 10.5 Å². The molecule has 0 amide bonds. The maximum atomic E-state index is 11.5. The van der Waals surface area contributed by atoms with Crippen molar-refractivity contribution in [2.45, 2.75) is 13.5 Å². The second-order valence-electron chi connectivity index (χ2n) is 4.50. The van der Waals surface area contributed by atoms with Crippen molar-refractivity contribution in [2.75, 3.05) is 12.4 Å². The highest BCUT2D eigenvalue weighted by molar-refractivity contribution is 5.88. The SMILES string of the molecule is COCc1cc(=O)[nH]c([NH+]=C(N)Nc2ccccc2C)n1. The summed E-state index contributed by atoms with van der Waals surface area (Å²) >= 11 is 0. The van der Waals surface area contributed by atoms with Crippen LogP contribution in [0.2, 0.25) is 0 Å². The van der Waals surface area contributed by atoms with E-state index in [0.717, 1.165) is 11.3 Å². The molecular weight excluding hydrogens is 270 g/mol. The van der Waals surface area contributed by atoms with E-state index in [2.05, 4.69) is 20.3 Å². The van der Waals surface area contributed by atoms with Crippen molar-refractivity contribution in [1.82, 2.24) is 9.97 Å². The molecule has 0 bridgehead atoms. The maximum Gasteiger partial charge on any atom is 0.325 e. The van der Waals surface area contributed by atoms with Gasteiger partial charge in [-0.2, -0.15) is 0 Å². The third kappa shape index (κ3) is 4.15. The van der Waals surface area contributed by atoms with E-state index >= 15 is 0 Å². The summed E-state index contributed by atoms with van der Waals surface area (Å²) in [6.07, 6.45) is 0. The minimum atomic E-state index is -0.275. The van der Waals surface area contributed by atoms with Crippen molar-refractivity contribution in [2.24, 2.45) is 5.73 Å². The highest BCUT2D eigenvalue weighted by atomic mass is 16.5. The zero-order valence-corrected chi connectivity index (χ0v) is 11.9. The lowest BCUT2D eigenvalue weighted by Gasteiger charge is -2.04. The Kier molecular flexibility index (Phi) is 4.68. The molecule has 5 N–H and O–H groups in total. The molecule has 0 saturated heterocycles. The number of anilines is 1. The number of guanidine groups is 1. The number of hydrogen-bond donors (Lipinski definition) is 4. The Morgan fingerprint density at radius 3 is 2.95 bits per heavy atom. The van der Waals surface area contributed by atoms with Crippen LogP contribution in [0.1, 0.15) is 11.3 Å². The number of aryl methyl sites for hydroxylation is 1. The van der Waals surface area contributed by atoms with Gasteiger partial charge in [-0.15, -0.1) is 4.98 Å². The second-order valence-corrected chi connectivity index (χ2v) is 4.50. The Bertz CT molecular complexity index is 709. The van der Waals surface area contributed by atoms with Crippen LogP contribution in [-0.2, 0) is 11.3 Å². The number of para-hydroxylation sites is 1. The number of benzene rings is 1. The number of ether oxygens (including phenoxy) is 1. The number of nitrogens with two attached hydrogens (primary N) is 1. The fourth-order valence-electron chi connectivity index (χ4n) is 1.81. The fourth-order valence-corrected chi connectivity index (χ4v) is 1.81. The monoisotopic (exact) mass is 288 g/mol. The van der Waals surface area contributed by atoms with Gasteiger partial charge in [0.15, 0.2) is 0 Å². The number of nitrogens with one attached hydrogen (secondary N) is 3. The number of aromatic nitrogens is 2. The minimum Gasteiger partial charge on any atom is -0.377 e. The second kappa shape index (κ2) is 6.67. The molecule has 7 nitrogen and oxygen atoms in total. The van der Waals surface area contributed by atoms with Gasteiger partial charge in [-0.3, -0.25) is 10.1 Å². The van der Waals surface area contributed by atoms with Gasteiger partial charge in [0.1, 0.15) is 5.69 Å². The first-order valence-corrected chi connectivity index (χ1v) is 6.40. The Morgan fingerprint density at radius 1 is 1.48 bits per heavy atom. The summed E-state index contributed by atoms with van der Waals surface area (Å²) in [4.78, 5) is 21.1. The molecule has 0 aliphatic carbocycles. The number of methoxy groups -OCH3 is 1. The molecule has 0 spiro atoms. The van der Waals surface area contributed by atoms with Crippen molar-refractivity contribution in [1.29, 1.82) is 0 Å². The Hall–Kier alpha value is -2.67. The largest absolute Gasteiger partial charge is 0.377 e. The van der Waals surface area contributed by atoms with Crippen LogP contribution in [0.3, 0.4) is 0 Å². The molecule has 0 fully saturated rings. The predicted octanol–water partition coefficient (Wildman–Crippen LogP) is -0.636. The quantitative estimate of drug-likeness (QED) is 0.442. The van der Waals surface area contributed by atoms with E-state index in [1.807, 2.05) is 31.2 Å². The number of aromatic amines is 1. The van der Waals surface area contributed by atoms with Gasteiger partial charge in [-0.1, -0.05) is 18.2 Å². The first kappa shape index (κ1) is 14.7. The molecule has 0 aliphatic rings. The Labute approximate surface area is 121 Å². The molecule has 7 heteroatoms. The van der Waals surface area contributed by atoms with E-state index < -0.39 is 0 Å². The molecule has 110 valence electrons. The van der Waals surface area contributed by atoms with Gasteiger partial charge in [-0.25, -0.2) is 9.98 Å². The molecule has 0 unspecified atom stereocenters. The normalized spacial score (nSPS) is 11.4. The zero-order chi connectivity index (χ0) is 15.2. The van der Waals surface area contributed by atoms with Crippen LogP contribution in [0.4, 0.5) is 11.6 Å². The molecule has 0 saturated carbocycles. The lowest BCUT2D eigenvalue weighted by Crippen LogP contribution is -2.73. The van der Waals surface area contributed by atoms with Gasteiger partial charge in [0, 0.05) is 13.2 Å². The minimum absolute atomic E-state index is 0.254. The maximum absolute atomic E-state index is 11.5. The van der Waals surface area contributed by atoms with Gasteiger partial charge in [0.25, 0.3) is 11.5 Å². The highest BCUT2D eigenvalue weighted by Gasteiger charge is 2.07. The topological polar surface area (TPSA) is 107 Å². The first-order chi connectivity index (χ1) is 10.1. The summed E-state index contributed by atoms with van der Waals surface area (Å²) in [6, 6.07) is 9.09. The van der Waals surface area contributed by atoms with Crippen molar-refractivity contribution in [3.8, 4) is 0 Å². The van der Waals surface area contributed by atoms with E-state index in [1.54, 1.807) is 0 Å². The predicted molar refractivity (Wildman–Crippen MR) is 80.2 cm³/mol. The molecule has 1 aromatic carbocycles.